The molecule has 3 rings (SSSR count). The third-order valence-electron chi connectivity index (χ3n) is 3.30. The highest BCUT2D eigenvalue weighted by Crippen LogP contribution is 2.29. The molecule has 5 heteroatoms. The minimum atomic E-state index is -0.0419. The summed E-state index contributed by atoms with van der Waals surface area (Å²) in [5.41, 5.74) is 2.91. The van der Waals surface area contributed by atoms with Gasteiger partial charge in [-0.3, -0.25) is 9.36 Å². The van der Waals surface area contributed by atoms with E-state index in [1.165, 1.54) is 6.92 Å². The van der Waals surface area contributed by atoms with Crippen molar-refractivity contribution >= 4 is 33.9 Å². The number of anilines is 2. The number of fused-ring (bicyclic) bond motifs is 1. The van der Waals surface area contributed by atoms with Crippen molar-refractivity contribution in [1.82, 2.24) is 4.57 Å². The molecule has 5 nitrogen and oxygen atoms in total. The van der Waals surface area contributed by atoms with Crippen molar-refractivity contribution in [2.75, 3.05) is 5.32 Å². The topological polar surface area (TPSA) is 63.5 Å². The van der Waals surface area contributed by atoms with Gasteiger partial charge in [-0.05, 0) is 35.5 Å². The Morgan fingerprint density at radius 2 is 1.81 bits per heavy atom. The quantitative estimate of drug-likeness (QED) is 0.721. The van der Waals surface area contributed by atoms with Crippen LogP contribution in [-0.4, -0.2) is 10.5 Å². The van der Waals surface area contributed by atoms with E-state index in [9.17, 15) is 9.70 Å². The number of para-hydroxylation sites is 1. The molecule has 1 aromatic heterocycles. The Morgan fingerprint density at radius 1 is 1.10 bits per heavy atom. The first-order valence-corrected chi connectivity index (χ1v) is 6.50. The van der Waals surface area contributed by atoms with Crippen molar-refractivity contribution in [3.63, 3.8) is 0 Å². The number of hydrogen-bond donors (Lipinski definition) is 1. The summed E-state index contributed by atoms with van der Waals surface area (Å²) in [6.45, 7) is 1.53. The van der Waals surface area contributed by atoms with E-state index in [0.29, 0.717) is 5.69 Å². The molecule has 0 aliphatic carbocycles. The van der Waals surface area contributed by atoms with E-state index < -0.39 is 0 Å². The summed E-state index contributed by atoms with van der Waals surface area (Å²) in [5, 5.41) is 7.09. The highest BCUT2D eigenvalue weighted by Gasteiger charge is 2.10. The largest absolute Gasteiger partial charge is 0.354 e. The number of hydrogen-bond acceptors (Lipinski definition) is 4. The monoisotopic (exact) mass is 279 g/mol. The van der Waals surface area contributed by atoms with Crippen LogP contribution in [0.5, 0.6) is 0 Å². The van der Waals surface area contributed by atoms with Crippen LogP contribution >= 0.6 is 0 Å². The Balaban J connectivity index is 2.03. The van der Waals surface area contributed by atoms with Crippen LogP contribution in [0.4, 0.5) is 17.1 Å². The van der Waals surface area contributed by atoms with Gasteiger partial charge in [0.1, 0.15) is 5.69 Å². The number of nitrogens with one attached hydrogen (secondary N) is 1. The molecule has 1 heterocycles. The van der Waals surface area contributed by atoms with Crippen LogP contribution in [0.2, 0.25) is 0 Å². The van der Waals surface area contributed by atoms with Crippen LogP contribution in [0.1, 0.15) is 11.7 Å². The molecule has 0 spiro atoms. The second-order valence-corrected chi connectivity index (χ2v) is 4.71. The molecule has 0 fully saturated rings. The van der Waals surface area contributed by atoms with Gasteiger partial charge in [-0.25, -0.2) is 0 Å². The predicted octanol–water partition coefficient (Wildman–Crippen LogP) is 4.44. The Morgan fingerprint density at radius 3 is 2.48 bits per heavy atom. The number of aromatic nitrogens is 1. The van der Waals surface area contributed by atoms with Crippen LogP contribution in [0.25, 0.3) is 10.9 Å². The minimum absolute atomic E-state index is 0.0419. The summed E-state index contributed by atoms with van der Waals surface area (Å²) in [6.07, 6.45) is 1.78. The smallest absolute Gasteiger partial charge is 0.228 e. The van der Waals surface area contributed by atoms with Gasteiger partial charge in [0.2, 0.25) is 5.91 Å². The average Bonchev–Trinajstić information content (AvgIpc) is 2.87. The lowest BCUT2D eigenvalue weighted by Crippen LogP contribution is -2.02. The standard InChI is InChI=1S/C16H13N3O2/c1-11(20)19-10-15(14-4-2-3-5-16(14)19)17-12-6-8-13(18-21)9-7-12/h2-10,17H,1H3. The van der Waals surface area contributed by atoms with Gasteiger partial charge in [0, 0.05) is 24.2 Å². The van der Waals surface area contributed by atoms with E-state index in [-0.39, 0.29) is 5.91 Å². The molecule has 0 radical (unpaired) electrons. The molecular weight excluding hydrogens is 266 g/mol. The van der Waals surface area contributed by atoms with Gasteiger partial charge in [-0.2, -0.15) is 0 Å². The first-order chi connectivity index (χ1) is 10.2. The van der Waals surface area contributed by atoms with Crippen molar-refractivity contribution in [2.24, 2.45) is 5.18 Å². The number of carbonyl (C=O) groups is 1. The molecule has 2 aromatic carbocycles. The van der Waals surface area contributed by atoms with Gasteiger partial charge < -0.3 is 5.32 Å². The molecule has 0 bridgehead atoms. The maximum absolute atomic E-state index is 11.7. The molecule has 0 amide bonds. The fourth-order valence-electron chi connectivity index (χ4n) is 2.30. The molecule has 0 aliphatic rings. The van der Waals surface area contributed by atoms with Gasteiger partial charge in [0.05, 0.1) is 11.2 Å². The Hall–Kier alpha value is -2.95. The third-order valence-corrected chi connectivity index (χ3v) is 3.30. The van der Waals surface area contributed by atoms with Crippen LogP contribution in [0.3, 0.4) is 0 Å². The second kappa shape index (κ2) is 5.20. The van der Waals surface area contributed by atoms with Gasteiger partial charge in [0.15, 0.2) is 0 Å². The number of nitroso groups, excluding NO2 is 1. The molecule has 0 atom stereocenters. The Bertz CT molecular complexity index is 819. The van der Waals surface area contributed by atoms with Crippen molar-refractivity contribution in [3.05, 3.63) is 59.6 Å². The van der Waals surface area contributed by atoms with Gasteiger partial charge in [0.25, 0.3) is 0 Å². The van der Waals surface area contributed by atoms with Gasteiger partial charge in [-0.15, -0.1) is 4.91 Å². The van der Waals surface area contributed by atoms with E-state index in [1.807, 2.05) is 24.3 Å². The van der Waals surface area contributed by atoms with Crippen LogP contribution < -0.4 is 5.32 Å². The van der Waals surface area contributed by atoms with Crippen LogP contribution in [-0.2, 0) is 0 Å². The van der Waals surface area contributed by atoms with E-state index >= 15 is 0 Å². The van der Waals surface area contributed by atoms with Crippen molar-refractivity contribution < 1.29 is 4.79 Å². The van der Waals surface area contributed by atoms with E-state index in [1.54, 1.807) is 35.0 Å². The molecule has 0 aliphatic heterocycles. The second-order valence-electron chi connectivity index (χ2n) is 4.71. The molecule has 0 unspecified atom stereocenters. The molecule has 0 saturated carbocycles. The van der Waals surface area contributed by atoms with E-state index in [4.69, 9.17) is 0 Å². The number of benzene rings is 2. The van der Waals surface area contributed by atoms with Crippen molar-refractivity contribution in [2.45, 2.75) is 6.92 Å². The average molecular weight is 279 g/mol. The van der Waals surface area contributed by atoms with Crippen molar-refractivity contribution in [1.29, 1.82) is 0 Å². The van der Waals surface area contributed by atoms with Gasteiger partial charge >= 0.3 is 0 Å². The zero-order valence-electron chi connectivity index (χ0n) is 11.4. The number of rotatable bonds is 3. The predicted molar refractivity (Wildman–Crippen MR) is 83.4 cm³/mol. The molecule has 21 heavy (non-hydrogen) atoms. The number of carbonyl (C=O) groups excluding carboxylic acids is 1. The zero-order valence-corrected chi connectivity index (χ0v) is 11.4. The first kappa shape index (κ1) is 13.1. The highest BCUT2D eigenvalue weighted by molar-refractivity contribution is 6.00. The Labute approximate surface area is 121 Å². The van der Waals surface area contributed by atoms with E-state index in [2.05, 4.69) is 10.5 Å². The molecule has 104 valence electrons. The van der Waals surface area contributed by atoms with Crippen LogP contribution in [0, 0.1) is 4.91 Å². The lowest BCUT2D eigenvalue weighted by molar-refractivity contribution is 0.0942. The SMILES string of the molecule is CC(=O)n1cc(Nc2ccc(N=O)cc2)c2ccccc21. The summed E-state index contributed by atoms with van der Waals surface area (Å²) >= 11 is 0. The lowest BCUT2D eigenvalue weighted by atomic mass is 10.2. The maximum Gasteiger partial charge on any atom is 0.228 e. The summed E-state index contributed by atoms with van der Waals surface area (Å²) in [7, 11) is 0. The van der Waals surface area contributed by atoms with Gasteiger partial charge in [-0.1, -0.05) is 18.2 Å². The first-order valence-electron chi connectivity index (χ1n) is 6.50. The molecule has 3 aromatic rings. The highest BCUT2D eigenvalue weighted by atomic mass is 16.3. The fraction of sp³-hybridized carbons (Fsp3) is 0.0625. The summed E-state index contributed by atoms with van der Waals surface area (Å²) in [6, 6.07) is 14.5. The third kappa shape index (κ3) is 2.41. The Kier molecular flexibility index (Phi) is 3.23. The van der Waals surface area contributed by atoms with Crippen molar-refractivity contribution in [3.8, 4) is 0 Å². The zero-order chi connectivity index (χ0) is 14.8. The molecule has 0 saturated heterocycles. The molecular formula is C16H13N3O2. The lowest BCUT2D eigenvalue weighted by Gasteiger charge is -2.04. The number of nitrogens with zero attached hydrogens (tertiary/aromatic N) is 2. The molecule has 1 N–H and O–H groups in total. The maximum atomic E-state index is 11.7. The summed E-state index contributed by atoms with van der Waals surface area (Å²) in [4.78, 5) is 22.1. The normalized spacial score (nSPS) is 10.5. The summed E-state index contributed by atoms with van der Waals surface area (Å²) in [5.74, 6) is -0.0419. The fourth-order valence-corrected chi connectivity index (χ4v) is 2.30. The van der Waals surface area contributed by atoms with Crippen LogP contribution in [0.15, 0.2) is 59.9 Å². The van der Waals surface area contributed by atoms with E-state index in [0.717, 1.165) is 22.3 Å². The summed E-state index contributed by atoms with van der Waals surface area (Å²) < 4.78 is 1.61. The minimum Gasteiger partial charge on any atom is -0.354 e.